The van der Waals surface area contributed by atoms with E-state index in [1.807, 2.05) is 36.4 Å². The van der Waals surface area contributed by atoms with Gasteiger partial charge in [-0.25, -0.2) is 0 Å². The molecule has 0 aromatic heterocycles. The Morgan fingerprint density at radius 2 is 1.00 bits per heavy atom. The van der Waals surface area contributed by atoms with E-state index in [0.29, 0.717) is 0 Å². The Kier molecular flexibility index (Phi) is 17.1. The van der Waals surface area contributed by atoms with E-state index in [-0.39, 0.29) is 19.8 Å². The van der Waals surface area contributed by atoms with Crippen molar-refractivity contribution in [1.29, 1.82) is 0 Å². The first-order chi connectivity index (χ1) is 7.22. The molecule has 4 nitrogen and oxygen atoms in total. The van der Waals surface area contributed by atoms with Gasteiger partial charge >= 0.3 is 0 Å². The summed E-state index contributed by atoms with van der Waals surface area (Å²) in [6.07, 6.45) is -0.954. The van der Waals surface area contributed by atoms with Crippen LogP contribution in [0.1, 0.15) is 6.92 Å². The molecule has 1 aromatic rings. The highest BCUT2D eigenvalue weighted by Crippen LogP contribution is 1.79. The molecule has 0 heterocycles. The summed E-state index contributed by atoms with van der Waals surface area (Å²) in [6.45, 7) is 1.20. The number of rotatable bonds is 2. The largest absolute Gasteiger partial charge is 0.397 e. The summed E-state index contributed by atoms with van der Waals surface area (Å²) < 4.78 is 0. The maximum atomic E-state index is 8.17. The lowest BCUT2D eigenvalue weighted by atomic mass is 10.4. The predicted octanol–water partition coefficient (Wildman–Crippen LogP) is 0.0171. The molecule has 0 atom stereocenters. The van der Waals surface area contributed by atoms with E-state index in [4.69, 9.17) is 20.4 Å². The van der Waals surface area contributed by atoms with Crippen molar-refractivity contribution in [1.82, 2.24) is 0 Å². The van der Waals surface area contributed by atoms with Crippen molar-refractivity contribution in [2.45, 2.75) is 13.0 Å². The first-order valence-electron chi connectivity index (χ1n) is 4.73. The molecule has 88 valence electrons. The van der Waals surface area contributed by atoms with Gasteiger partial charge < -0.3 is 20.4 Å². The van der Waals surface area contributed by atoms with Gasteiger partial charge in [0.1, 0.15) is 6.10 Å². The van der Waals surface area contributed by atoms with Crippen molar-refractivity contribution in [2.75, 3.05) is 19.8 Å². The topological polar surface area (TPSA) is 80.9 Å². The first kappa shape index (κ1) is 16.5. The Bertz CT molecular complexity index is 148. The van der Waals surface area contributed by atoms with Crippen LogP contribution in [-0.2, 0) is 0 Å². The van der Waals surface area contributed by atoms with Gasteiger partial charge in [0.15, 0.2) is 0 Å². The van der Waals surface area contributed by atoms with Crippen molar-refractivity contribution >= 4 is 0 Å². The fourth-order valence-corrected chi connectivity index (χ4v) is 0.443. The smallest absolute Gasteiger partial charge is 0.100 e. The average molecular weight is 216 g/mol. The summed E-state index contributed by atoms with van der Waals surface area (Å²) in [6, 6.07) is 12.0. The molecule has 0 radical (unpaired) electrons. The van der Waals surface area contributed by atoms with Gasteiger partial charge in [-0.3, -0.25) is 0 Å². The number of hydrogen-bond donors (Lipinski definition) is 4. The predicted molar refractivity (Wildman–Crippen MR) is 59.4 cm³/mol. The van der Waals surface area contributed by atoms with Gasteiger partial charge in [-0.15, -0.1) is 0 Å². The zero-order valence-electron chi connectivity index (χ0n) is 8.95. The molecule has 0 fully saturated rings. The number of aliphatic hydroxyl groups excluding tert-OH is 4. The monoisotopic (exact) mass is 216 g/mol. The van der Waals surface area contributed by atoms with E-state index in [9.17, 15) is 0 Å². The van der Waals surface area contributed by atoms with Crippen molar-refractivity contribution in [3.8, 4) is 0 Å². The molecule has 1 rings (SSSR count). The van der Waals surface area contributed by atoms with E-state index in [1.165, 1.54) is 0 Å². The molecule has 0 saturated heterocycles. The second-order valence-corrected chi connectivity index (χ2v) is 2.49. The molecule has 0 aliphatic rings. The molecule has 0 aliphatic heterocycles. The van der Waals surface area contributed by atoms with Crippen molar-refractivity contribution in [3.63, 3.8) is 0 Å². The fourth-order valence-electron chi connectivity index (χ4n) is 0.443. The van der Waals surface area contributed by atoms with E-state index >= 15 is 0 Å². The van der Waals surface area contributed by atoms with E-state index in [1.54, 1.807) is 6.92 Å². The molecule has 4 N–H and O–H groups in total. The van der Waals surface area contributed by atoms with Gasteiger partial charge in [0.05, 0.1) is 13.2 Å². The zero-order valence-corrected chi connectivity index (χ0v) is 8.95. The van der Waals surface area contributed by atoms with E-state index < -0.39 is 6.10 Å². The Labute approximate surface area is 90.4 Å². The molecular formula is C11H20O4. The lowest BCUT2D eigenvalue weighted by molar-refractivity contribution is 0.0450. The summed E-state index contributed by atoms with van der Waals surface area (Å²) in [5.74, 6) is 0. The van der Waals surface area contributed by atoms with E-state index in [2.05, 4.69) is 0 Å². The molecule has 0 bridgehead atoms. The second-order valence-electron chi connectivity index (χ2n) is 2.49. The Morgan fingerprint density at radius 3 is 1.07 bits per heavy atom. The third-order valence-corrected chi connectivity index (χ3v) is 1.09. The Hall–Kier alpha value is -0.940. The van der Waals surface area contributed by atoms with Gasteiger partial charge in [-0.05, 0) is 6.92 Å². The highest BCUT2D eigenvalue weighted by atomic mass is 16.3. The maximum absolute atomic E-state index is 8.17. The van der Waals surface area contributed by atoms with Crippen LogP contribution >= 0.6 is 0 Å². The van der Waals surface area contributed by atoms with Crippen LogP contribution in [0.5, 0.6) is 0 Å². The normalized spacial score (nSPS) is 8.40. The molecule has 0 saturated carbocycles. The second kappa shape index (κ2) is 15.5. The third kappa shape index (κ3) is 19.5. The zero-order chi connectivity index (χ0) is 11.9. The van der Waals surface area contributed by atoms with Gasteiger partial charge in [-0.2, -0.15) is 0 Å². The number of aliphatic hydroxyl groups is 4. The molecule has 0 amide bonds. The minimum absolute atomic E-state index is 0.250. The van der Waals surface area contributed by atoms with Crippen LogP contribution in [0.3, 0.4) is 0 Å². The molecule has 0 spiro atoms. The molecule has 0 aliphatic carbocycles. The van der Waals surface area contributed by atoms with Crippen LogP contribution in [0.15, 0.2) is 36.4 Å². The van der Waals surface area contributed by atoms with Crippen LogP contribution in [-0.4, -0.2) is 46.4 Å². The van der Waals surface area contributed by atoms with Gasteiger partial charge in [0.2, 0.25) is 0 Å². The Balaban J connectivity index is 0. The Morgan fingerprint density at radius 1 is 0.800 bits per heavy atom. The summed E-state index contributed by atoms with van der Waals surface area (Å²) >= 11 is 0. The maximum Gasteiger partial charge on any atom is 0.100 e. The van der Waals surface area contributed by atoms with Gasteiger partial charge in [0.25, 0.3) is 0 Å². The standard InChI is InChI=1S/C6H6.C3H8O3.C2H6O/c1-2-4-6-5-3-1;4-1-3(6)2-5;1-2-3/h1-6H;3-6H,1-2H2;3H,2H2,1H3. The van der Waals surface area contributed by atoms with Crippen LogP contribution < -0.4 is 0 Å². The highest BCUT2D eigenvalue weighted by Gasteiger charge is 1.93. The summed E-state index contributed by atoms with van der Waals surface area (Å²) in [5, 5.41) is 31.6. The average Bonchev–Trinajstić information content (AvgIpc) is 2.32. The summed E-state index contributed by atoms with van der Waals surface area (Å²) in [7, 11) is 0. The molecule has 15 heavy (non-hydrogen) atoms. The SMILES string of the molecule is CCO.OCC(O)CO.c1ccccc1. The summed E-state index contributed by atoms with van der Waals surface area (Å²) in [5.41, 5.74) is 0. The van der Waals surface area contributed by atoms with Crippen LogP contribution in [0, 0.1) is 0 Å². The molecule has 4 heteroatoms. The number of hydrogen-bond acceptors (Lipinski definition) is 4. The van der Waals surface area contributed by atoms with Crippen LogP contribution in [0.25, 0.3) is 0 Å². The van der Waals surface area contributed by atoms with Gasteiger partial charge in [0, 0.05) is 6.61 Å². The van der Waals surface area contributed by atoms with Crippen molar-refractivity contribution in [2.24, 2.45) is 0 Å². The minimum Gasteiger partial charge on any atom is -0.397 e. The highest BCUT2D eigenvalue weighted by molar-refractivity contribution is 4.99. The lowest BCUT2D eigenvalue weighted by Gasteiger charge is -1.96. The fraction of sp³-hybridized carbons (Fsp3) is 0.455. The number of benzene rings is 1. The summed E-state index contributed by atoms with van der Waals surface area (Å²) in [4.78, 5) is 0. The van der Waals surface area contributed by atoms with Crippen molar-refractivity contribution in [3.05, 3.63) is 36.4 Å². The van der Waals surface area contributed by atoms with E-state index in [0.717, 1.165) is 0 Å². The van der Waals surface area contributed by atoms with Crippen LogP contribution in [0.4, 0.5) is 0 Å². The molecule has 0 unspecified atom stereocenters. The van der Waals surface area contributed by atoms with Crippen LogP contribution in [0.2, 0.25) is 0 Å². The lowest BCUT2D eigenvalue weighted by Crippen LogP contribution is -2.15. The quantitative estimate of drug-likeness (QED) is 0.561. The third-order valence-electron chi connectivity index (χ3n) is 1.09. The molecular weight excluding hydrogens is 196 g/mol. The minimum atomic E-state index is -0.954. The molecule has 1 aromatic carbocycles. The van der Waals surface area contributed by atoms with Gasteiger partial charge in [-0.1, -0.05) is 36.4 Å². The first-order valence-corrected chi connectivity index (χ1v) is 4.73. The van der Waals surface area contributed by atoms with Crippen molar-refractivity contribution < 1.29 is 20.4 Å².